The zero-order chi connectivity index (χ0) is 20.7. The summed E-state index contributed by atoms with van der Waals surface area (Å²) in [5.41, 5.74) is 5.92. The Bertz CT molecular complexity index is 1230. The van der Waals surface area contributed by atoms with Crippen LogP contribution < -0.4 is 10.6 Å². The van der Waals surface area contributed by atoms with Crippen molar-refractivity contribution >= 4 is 28.4 Å². The monoisotopic (exact) mass is 399 g/mol. The van der Waals surface area contributed by atoms with Crippen molar-refractivity contribution in [3.05, 3.63) is 82.9 Å². The van der Waals surface area contributed by atoms with E-state index in [1.165, 1.54) is 6.07 Å². The molecule has 0 amide bonds. The van der Waals surface area contributed by atoms with Crippen LogP contribution in [-0.2, 0) is 6.42 Å². The molecule has 1 aliphatic rings. The molecular weight excluding hydrogens is 377 g/mol. The van der Waals surface area contributed by atoms with Crippen LogP contribution in [0.15, 0.2) is 54.6 Å². The number of halogens is 1. The first kappa shape index (κ1) is 18.5. The second-order valence-corrected chi connectivity index (χ2v) is 7.78. The lowest BCUT2D eigenvalue weighted by Crippen LogP contribution is -2.08. The third-order valence-corrected chi connectivity index (χ3v) is 5.43. The zero-order valence-electron chi connectivity index (χ0n) is 16.9. The van der Waals surface area contributed by atoms with Crippen molar-refractivity contribution in [1.82, 2.24) is 15.0 Å². The molecule has 1 aliphatic carbocycles. The van der Waals surface area contributed by atoms with Crippen LogP contribution in [0.1, 0.15) is 35.0 Å². The number of hydrogen-bond donors (Lipinski definition) is 2. The molecule has 0 saturated heterocycles. The fourth-order valence-corrected chi connectivity index (χ4v) is 4.11. The SMILES string of the molecule is Cc1cc(C)nc(Nc2ccc3nc(NC4CCc5cc(F)ccc54)ccc3c2)n1. The van der Waals surface area contributed by atoms with E-state index < -0.39 is 0 Å². The number of nitrogens with one attached hydrogen (secondary N) is 2. The summed E-state index contributed by atoms with van der Waals surface area (Å²) in [4.78, 5) is 13.6. The predicted octanol–water partition coefficient (Wildman–Crippen LogP) is 5.62. The minimum absolute atomic E-state index is 0.160. The molecule has 2 N–H and O–H groups in total. The van der Waals surface area contributed by atoms with Crippen LogP contribution in [0.5, 0.6) is 0 Å². The highest BCUT2D eigenvalue weighted by molar-refractivity contribution is 5.84. The molecule has 2 heterocycles. The number of rotatable bonds is 4. The normalized spacial score (nSPS) is 15.2. The van der Waals surface area contributed by atoms with Crippen molar-refractivity contribution in [1.29, 1.82) is 0 Å². The Morgan fingerprint density at radius 1 is 0.900 bits per heavy atom. The van der Waals surface area contributed by atoms with Crippen molar-refractivity contribution in [2.24, 2.45) is 0 Å². The van der Waals surface area contributed by atoms with E-state index in [9.17, 15) is 4.39 Å². The van der Waals surface area contributed by atoms with Gasteiger partial charge in [0.25, 0.3) is 0 Å². The zero-order valence-corrected chi connectivity index (χ0v) is 16.9. The van der Waals surface area contributed by atoms with E-state index >= 15 is 0 Å². The van der Waals surface area contributed by atoms with Crippen LogP contribution in [0.2, 0.25) is 0 Å². The molecule has 5 nitrogen and oxygen atoms in total. The number of aryl methyl sites for hydroxylation is 3. The standard InChI is InChI=1S/C24H22FN5/c1-14-11-15(2)27-24(26-14)28-19-6-9-21-17(13-19)4-10-23(29-21)30-22-8-3-16-12-18(25)5-7-20(16)22/h4-7,9-13,22H,3,8H2,1-2H3,(H,29,30)(H,26,27,28). The molecule has 150 valence electrons. The molecule has 6 heteroatoms. The molecule has 0 fully saturated rings. The minimum atomic E-state index is -0.172. The smallest absolute Gasteiger partial charge is 0.227 e. The maximum absolute atomic E-state index is 13.5. The number of nitrogens with zero attached hydrogens (tertiary/aromatic N) is 3. The molecule has 2 aromatic carbocycles. The fourth-order valence-electron chi connectivity index (χ4n) is 4.11. The van der Waals surface area contributed by atoms with E-state index in [-0.39, 0.29) is 11.9 Å². The minimum Gasteiger partial charge on any atom is -0.363 e. The van der Waals surface area contributed by atoms with Crippen molar-refractivity contribution in [2.45, 2.75) is 32.7 Å². The number of anilines is 3. The average Bonchev–Trinajstić information content (AvgIpc) is 3.09. The maximum atomic E-state index is 13.5. The fraction of sp³-hybridized carbons (Fsp3) is 0.208. The number of fused-ring (bicyclic) bond motifs is 2. The van der Waals surface area contributed by atoms with Gasteiger partial charge in [-0.15, -0.1) is 0 Å². The van der Waals surface area contributed by atoms with E-state index in [1.807, 2.05) is 50.2 Å². The highest BCUT2D eigenvalue weighted by Crippen LogP contribution is 2.34. The number of aromatic nitrogens is 3. The van der Waals surface area contributed by atoms with Crippen LogP contribution in [0.4, 0.5) is 21.8 Å². The van der Waals surface area contributed by atoms with Crippen LogP contribution >= 0.6 is 0 Å². The van der Waals surface area contributed by atoms with Crippen molar-refractivity contribution in [3.8, 4) is 0 Å². The summed E-state index contributed by atoms with van der Waals surface area (Å²) < 4.78 is 13.5. The first-order valence-electron chi connectivity index (χ1n) is 10.1. The van der Waals surface area contributed by atoms with Gasteiger partial charge in [-0.25, -0.2) is 19.3 Å². The Morgan fingerprint density at radius 3 is 2.57 bits per heavy atom. The summed E-state index contributed by atoms with van der Waals surface area (Å²) in [6.45, 7) is 3.91. The molecule has 0 saturated carbocycles. The molecule has 1 atom stereocenters. The first-order valence-corrected chi connectivity index (χ1v) is 10.1. The Hall–Kier alpha value is -3.54. The van der Waals surface area contributed by atoms with Gasteiger partial charge in [-0.2, -0.15) is 0 Å². The molecule has 5 rings (SSSR count). The maximum Gasteiger partial charge on any atom is 0.227 e. The summed E-state index contributed by atoms with van der Waals surface area (Å²) in [6.07, 6.45) is 1.82. The Morgan fingerprint density at radius 2 is 1.73 bits per heavy atom. The van der Waals surface area contributed by atoms with E-state index in [1.54, 1.807) is 6.07 Å². The largest absolute Gasteiger partial charge is 0.363 e. The van der Waals surface area contributed by atoms with Gasteiger partial charge in [0, 0.05) is 22.5 Å². The van der Waals surface area contributed by atoms with Gasteiger partial charge in [-0.05, 0) is 86.3 Å². The lowest BCUT2D eigenvalue weighted by molar-refractivity contribution is 0.626. The molecule has 1 unspecified atom stereocenters. The quantitative estimate of drug-likeness (QED) is 0.466. The van der Waals surface area contributed by atoms with Gasteiger partial charge in [0.05, 0.1) is 11.6 Å². The van der Waals surface area contributed by atoms with Crippen molar-refractivity contribution in [3.63, 3.8) is 0 Å². The lowest BCUT2D eigenvalue weighted by atomic mass is 10.1. The third-order valence-electron chi connectivity index (χ3n) is 5.43. The van der Waals surface area contributed by atoms with Gasteiger partial charge in [0.2, 0.25) is 5.95 Å². The lowest BCUT2D eigenvalue weighted by Gasteiger charge is -2.15. The predicted molar refractivity (Wildman–Crippen MR) is 118 cm³/mol. The summed E-state index contributed by atoms with van der Waals surface area (Å²) in [6, 6.07) is 17.2. The van der Waals surface area contributed by atoms with Crippen LogP contribution in [0.25, 0.3) is 10.9 Å². The molecule has 2 aromatic heterocycles. The molecule has 0 radical (unpaired) electrons. The number of pyridine rings is 1. The van der Waals surface area contributed by atoms with E-state index in [0.29, 0.717) is 5.95 Å². The summed E-state index contributed by atoms with van der Waals surface area (Å²) >= 11 is 0. The van der Waals surface area contributed by atoms with Crippen molar-refractivity contribution < 1.29 is 4.39 Å². The second kappa shape index (κ2) is 7.37. The molecule has 4 aromatic rings. The van der Waals surface area contributed by atoms with E-state index in [4.69, 9.17) is 4.98 Å². The van der Waals surface area contributed by atoms with Gasteiger partial charge in [-0.3, -0.25) is 0 Å². The molecule has 0 aliphatic heterocycles. The van der Waals surface area contributed by atoms with Crippen LogP contribution in [0.3, 0.4) is 0 Å². The van der Waals surface area contributed by atoms with Crippen LogP contribution in [0, 0.1) is 19.7 Å². The first-order chi connectivity index (χ1) is 14.5. The van der Waals surface area contributed by atoms with Gasteiger partial charge in [-0.1, -0.05) is 6.07 Å². The number of benzene rings is 2. The van der Waals surface area contributed by atoms with Gasteiger partial charge in [0.1, 0.15) is 11.6 Å². The highest BCUT2D eigenvalue weighted by Gasteiger charge is 2.23. The topological polar surface area (TPSA) is 62.7 Å². The molecule has 0 spiro atoms. The van der Waals surface area contributed by atoms with Gasteiger partial charge >= 0.3 is 0 Å². The Balaban J connectivity index is 1.36. The van der Waals surface area contributed by atoms with Gasteiger partial charge < -0.3 is 10.6 Å². The highest BCUT2D eigenvalue weighted by atomic mass is 19.1. The molecule has 0 bridgehead atoms. The Kier molecular flexibility index (Phi) is 4.54. The number of hydrogen-bond acceptors (Lipinski definition) is 5. The van der Waals surface area contributed by atoms with E-state index in [0.717, 1.165) is 57.8 Å². The third kappa shape index (κ3) is 3.68. The van der Waals surface area contributed by atoms with Crippen LogP contribution in [-0.4, -0.2) is 15.0 Å². The summed E-state index contributed by atoms with van der Waals surface area (Å²) in [5, 5.41) is 7.81. The summed E-state index contributed by atoms with van der Waals surface area (Å²) in [5.74, 6) is 1.24. The average molecular weight is 399 g/mol. The van der Waals surface area contributed by atoms with E-state index in [2.05, 4.69) is 26.7 Å². The summed E-state index contributed by atoms with van der Waals surface area (Å²) in [7, 11) is 0. The molecule has 30 heavy (non-hydrogen) atoms. The second-order valence-electron chi connectivity index (χ2n) is 7.78. The van der Waals surface area contributed by atoms with Gasteiger partial charge in [0.15, 0.2) is 0 Å². The Labute approximate surface area is 174 Å². The molecular formula is C24H22FN5. The van der Waals surface area contributed by atoms with Crippen molar-refractivity contribution in [2.75, 3.05) is 10.6 Å².